The van der Waals surface area contributed by atoms with E-state index in [0.717, 1.165) is 0 Å². The van der Waals surface area contributed by atoms with Crippen molar-refractivity contribution in [1.82, 2.24) is 14.3 Å². The summed E-state index contributed by atoms with van der Waals surface area (Å²) in [7, 11) is -3.51. The van der Waals surface area contributed by atoms with Gasteiger partial charge in [0.1, 0.15) is 4.21 Å². The van der Waals surface area contributed by atoms with Crippen LogP contribution in [0.2, 0.25) is 0 Å². The predicted octanol–water partition coefficient (Wildman–Crippen LogP) is 2.69. The number of thiophene rings is 1. The molecule has 0 radical (unpaired) electrons. The van der Waals surface area contributed by atoms with Crippen molar-refractivity contribution in [2.45, 2.75) is 30.1 Å². The smallest absolute Gasteiger partial charge is 0.309 e. The minimum absolute atomic E-state index is 0.263. The number of rotatable bonds is 5. The molecular formula is C20H21N3O5S2. The van der Waals surface area contributed by atoms with Crippen molar-refractivity contribution in [2.24, 2.45) is 5.92 Å². The van der Waals surface area contributed by atoms with Gasteiger partial charge in [0.2, 0.25) is 0 Å². The molecule has 1 aliphatic rings. The SMILES string of the molecule is C[C@H](OC(=O)C1CCN(S(=O)(=O)c2cccs2)CC1)c1nc2ccccc2c(=O)[nH]1. The normalized spacial score (nSPS) is 17.1. The Hall–Kier alpha value is -2.56. The third kappa shape index (κ3) is 4.03. The van der Waals surface area contributed by atoms with Crippen molar-refractivity contribution in [2.75, 3.05) is 13.1 Å². The third-order valence-electron chi connectivity index (χ3n) is 5.19. The number of carbonyl (C=O) groups is 1. The second kappa shape index (κ2) is 8.29. The number of aromatic amines is 1. The number of H-pyrrole nitrogens is 1. The molecule has 1 saturated heterocycles. The number of nitrogens with one attached hydrogen (secondary N) is 1. The molecule has 1 N–H and O–H groups in total. The Morgan fingerprint density at radius 3 is 2.67 bits per heavy atom. The Labute approximate surface area is 177 Å². The maximum absolute atomic E-state index is 12.6. The second-order valence-corrected chi connectivity index (χ2v) is 10.3. The van der Waals surface area contributed by atoms with Gasteiger partial charge in [0, 0.05) is 13.1 Å². The molecule has 2 aromatic heterocycles. The van der Waals surface area contributed by atoms with Crippen LogP contribution in [-0.2, 0) is 19.6 Å². The van der Waals surface area contributed by atoms with Gasteiger partial charge in [0.15, 0.2) is 11.9 Å². The topological polar surface area (TPSA) is 109 Å². The Morgan fingerprint density at radius 2 is 1.97 bits per heavy atom. The summed E-state index contributed by atoms with van der Waals surface area (Å²) in [6.45, 7) is 2.18. The molecule has 0 saturated carbocycles. The van der Waals surface area contributed by atoms with Crippen LogP contribution in [0.15, 0.2) is 50.8 Å². The lowest BCUT2D eigenvalue weighted by atomic mass is 9.98. The van der Waals surface area contributed by atoms with Crippen molar-refractivity contribution in [3.05, 3.63) is 58.0 Å². The molecular weight excluding hydrogens is 426 g/mol. The molecule has 1 aliphatic heterocycles. The summed E-state index contributed by atoms with van der Waals surface area (Å²) in [4.78, 5) is 31.9. The van der Waals surface area contributed by atoms with E-state index >= 15 is 0 Å². The molecule has 1 fully saturated rings. The molecule has 8 nitrogen and oxygen atoms in total. The highest BCUT2D eigenvalue weighted by atomic mass is 32.2. The number of piperidine rings is 1. The Morgan fingerprint density at radius 1 is 1.23 bits per heavy atom. The molecule has 0 amide bonds. The Balaban J connectivity index is 1.40. The maximum atomic E-state index is 12.6. The summed E-state index contributed by atoms with van der Waals surface area (Å²) in [6, 6.07) is 10.2. The average Bonchev–Trinajstić information content (AvgIpc) is 3.29. The molecule has 3 aromatic rings. The molecule has 0 bridgehead atoms. The van der Waals surface area contributed by atoms with Gasteiger partial charge in [-0.15, -0.1) is 11.3 Å². The van der Waals surface area contributed by atoms with Crippen LogP contribution in [0.1, 0.15) is 31.7 Å². The van der Waals surface area contributed by atoms with E-state index in [4.69, 9.17) is 4.74 Å². The zero-order valence-corrected chi connectivity index (χ0v) is 17.9. The van der Waals surface area contributed by atoms with Crippen LogP contribution in [0, 0.1) is 5.92 Å². The fourth-order valence-electron chi connectivity index (χ4n) is 3.49. The van der Waals surface area contributed by atoms with Gasteiger partial charge < -0.3 is 9.72 Å². The molecule has 0 unspecified atom stereocenters. The monoisotopic (exact) mass is 447 g/mol. The quantitative estimate of drug-likeness (QED) is 0.602. The van der Waals surface area contributed by atoms with Crippen molar-refractivity contribution in [1.29, 1.82) is 0 Å². The number of aromatic nitrogens is 2. The van der Waals surface area contributed by atoms with Crippen LogP contribution in [-0.4, -0.2) is 41.7 Å². The van der Waals surface area contributed by atoms with Crippen LogP contribution in [0.3, 0.4) is 0 Å². The zero-order chi connectivity index (χ0) is 21.3. The van der Waals surface area contributed by atoms with Gasteiger partial charge in [-0.2, -0.15) is 4.31 Å². The van der Waals surface area contributed by atoms with Gasteiger partial charge in [0.25, 0.3) is 15.6 Å². The highest BCUT2D eigenvalue weighted by Crippen LogP contribution is 2.28. The van der Waals surface area contributed by atoms with Gasteiger partial charge >= 0.3 is 5.97 Å². The molecule has 158 valence electrons. The number of benzene rings is 1. The van der Waals surface area contributed by atoms with E-state index in [1.165, 1.54) is 15.6 Å². The first-order valence-corrected chi connectivity index (χ1v) is 11.9. The standard InChI is InChI=1S/C20H21N3O5S2/c1-13(18-21-16-6-3-2-5-15(16)19(24)22-18)28-20(25)14-8-10-23(11-9-14)30(26,27)17-7-4-12-29-17/h2-7,12-14H,8-11H2,1H3,(H,21,22,24)/t13-/m0/s1. The van der Waals surface area contributed by atoms with Crippen LogP contribution < -0.4 is 5.56 Å². The number of fused-ring (bicyclic) bond motifs is 1. The summed E-state index contributed by atoms with van der Waals surface area (Å²) in [5.74, 6) is -0.523. The van der Waals surface area contributed by atoms with Crippen LogP contribution in [0.5, 0.6) is 0 Å². The number of esters is 1. The first-order valence-electron chi connectivity index (χ1n) is 9.59. The maximum Gasteiger partial charge on any atom is 0.309 e. The summed E-state index contributed by atoms with van der Waals surface area (Å²) >= 11 is 1.18. The summed E-state index contributed by atoms with van der Waals surface area (Å²) in [6.07, 6.45) is 0.0537. The minimum Gasteiger partial charge on any atom is -0.454 e. The fourth-order valence-corrected chi connectivity index (χ4v) is 6.11. The van der Waals surface area contributed by atoms with Crippen LogP contribution in [0.25, 0.3) is 10.9 Å². The number of hydrogen-bond acceptors (Lipinski definition) is 7. The number of carbonyl (C=O) groups excluding carboxylic acids is 1. The molecule has 30 heavy (non-hydrogen) atoms. The molecule has 0 aliphatic carbocycles. The van der Waals surface area contributed by atoms with E-state index in [1.807, 2.05) is 0 Å². The lowest BCUT2D eigenvalue weighted by molar-refractivity contribution is -0.155. The van der Waals surface area contributed by atoms with E-state index in [9.17, 15) is 18.0 Å². The van der Waals surface area contributed by atoms with Crippen molar-refractivity contribution in [3.63, 3.8) is 0 Å². The van der Waals surface area contributed by atoms with E-state index < -0.39 is 28.0 Å². The molecule has 10 heteroatoms. The van der Waals surface area contributed by atoms with E-state index in [-0.39, 0.29) is 24.5 Å². The second-order valence-electron chi connectivity index (χ2n) is 7.16. The lowest BCUT2D eigenvalue weighted by Crippen LogP contribution is -2.40. The van der Waals surface area contributed by atoms with Gasteiger partial charge in [-0.3, -0.25) is 9.59 Å². The zero-order valence-electron chi connectivity index (χ0n) is 16.3. The average molecular weight is 448 g/mol. The summed E-state index contributed by atoms with van der Waals surface area (Å²) in [5, 5.41) is 2.20. The Kier molecular flexibility index (Phi) is 5.72. The molecule has 0 spiro atoms. The molecule has 3 heterocycles. The van der Waals surface area contributed by atoms with Gasteiger partial charge in [-0.25, -0.2) is 13.4 Å². The molecule has 1 aromatic carbocycles. The van der Waals surface area contributed by atoms with Crippen molar-refractivity contribution in [3.8, 4) is 0 Å². The fraction of sp³-hybridized carbons (Fsp3) is 0.350. The van der Waals surface area contributed by atoms with Gasteiger partial charge in [0.05, 0.1) is 16.8 Å². The van der Waals surface area contributed by atoms with Crippen molar-refractivity contribution >= 4 is 38.2 Å². The first-order chi connectivity index (χ1) is 14.4. The third-order valence-corrected chi connectivity index (χ3v) is 8.46. The number of sulfonamides is 1. The number of hydrogen-bond donors (Lipinski definition) is 1. The van der Waals surface area contributed by atoms with E-state index in [1.54, 1.807) is 48.7 Å². The lowest BCUT2D eigenvalue weighted by Gasteiger charge is -2.30. The molecule has 4 rings (SSSR count). The highest BCUT2D eigenvalue weighted by molar-refractivity contribution is 7.91. The molecule has 1 atom stereocenters. The van der Waals surface area contributed by atoms with Crippen LogP contribution in [0.4, 0.5) is 0 Å². The highest BCUT2D eigenvalue weighted by Gasteiger charge is 2.34. The number of ether oxygens (including phenoxy) is 1. The van der Waals surface area contributed by atoms with E-state index in [0.29, 0.717) is 28.0 Å². The summed E-state index contributed by atoms with van der Waals surface area (Å²) in [5.41, 5.74) is 0.247. The number of para-hydroxylation sites is 1. The first kappa shape index (κ1) is 20.7. The predicted molar refractivity (Wildman–Crippen MR) is 113 cm³/mol. The Bertz CT molecular complexity index is 1210. The van der Waals surface area contributed by atoms with Crippen LogP contribution >= 0.6 is 11.3 Å². The van der Waals surface area contributed by atoms with E-state index in [2.05, 4.69) is 9.97 Å². The van der Waals surface area contributed by atoms with Crippen molar-refractivity contribution < 1.29 is 17.9 Å². The van der Waals surface area contributed by atoms with Gasteiger partial charge in [-0.05, 0) is 43.3 Å². The minimum atomic E-state index is -3.51. The van der Waals surface area contributed by atoms with Gasteiger partial charge in [-0.1, -0.05) is 18.2 Å². The largest absolute Gasteiger partial charge is 0.454 e. The summed E-state index contributed by atoms with van der Waals surface area (Å²) < 4.78 is 32.5. The number of nitrogens with zero attached hydrogens (tertiary/aromatic N) is 2.